The van der Waals surface area contributed by atoms with Crippen LogP contribution in [-0.4, -0.2) is 34.6 Å². The van der Waals surface area contributed by atoms with E-state index < -0.39 is 22.6 Å². The van der Waals surface area contributed by atoms with E-state index in [0.717, 1.165) is 5.56 Å². The number of fused-ring (bicyclic) bond motifs is 1. The quantitative estimate of drug-likeness (QED) is 0.0710. The Balaban J connectivity index is 1.34. The lowest BCUT2D eigenvalue weighted by molar-refractivity contribution is -0.384. The molecule has 1 amide bonds. The molecule has 0 aliphatic heterocycles. The summed E-state index contributed by atoms with van der Waals surface area (Å²) in [6.45, 7) is 2.04. The van der Waals surface area contributed by atoms with Gasteiger partial charge in [0.25, 0.3) is 11.6 Å². The summed E-state index contributed by atoms with van der Waals surface area (Å²) < 4.78 is 25.1. The Bertz CT molecular complexity index is 1820. The molecule has 11 heteroatoms. The molecule has 0 spiro atoms. The van der Waals surface area contributed by atoms with E-state index in [1.165, 1.54) is 48.7 Å². The summed E-state index contributed by atoms with van der Waals surface area (Å²) in [6, 6.07) is 23.2. The Morgan fingerprint density at radius 1 is 1.00 bits per heavy atom. The molecule has 1 heterocycles. The first-order chi connectivity index (χ1) is 20.3. The van der Waals surface area contributed by atoms with Gasteiger partial charge in [-0.25, -0.2) is 14.6 Å². The number of rotatable bonds is 9. The van der Waals surface area contributed by atoms with Crippen LogP contribution in [0.2, 0.25) is 0 Å². The Morgan fingerprint density at radius 2 is 1.76 bits per heavy atom. The molecule has 210 valence electrons. The smallest absolute Gasteiger partial charge is 0.343 e. The number of nitrogens with one attached hydrogen (secondary N) is 2. The number of halogens is 1. The van der Waals surface area contributed by atoms with Crippen LogP contribution in [0, 0.1) is 15.9 Å². The van der Waals surface area contributed by atoms with Gasteiger partial charge in [0.05, 0.1) is 23.3 Å². The molecule has 0 saturated carbocycles. The maximum atomic E-state index is 14.0. The first kappa shape index (κ1) is 27.7. The Kier molecular flexibility index (Phi) is 8.00. The molecule has 0 fully saturated rings. The number of nitrogens with zero attached hydrogens (tertiary/aromatic N) is 2. The molecule has 4 aromatic carbocycles. The van der Waals surface area contributed by atoms with E-state index in [4.69, 9.17) is 9.47 Å². The van der Waals surface area contributed by atoms with E-state index in [1.54, 1.807) is 25.1 Å². The number of hydrogen-bond donors (Lipinski definition) is 2. The maximum absolute atomic E-state index is 14.0. The van der Waals surface area contributed by atoms with E-state index in [-0.39, 0.29) is 35.1 Å². The Labute approximate surface area is 238 Å². The fraction of sp³-hybridized carbons (Fsp3) is 0.0645. The van der Waals surface area contributed by atoms with Crippen LogP contribution >= 0.6 is 0 Å². The number of aromatic amines is 1. The van der Waals surface area contributed by atoms with Crippen LogP contribution < -0.4 is 14.9 Å². The van der Waals surface area contributed by atoms with Gasteiger partial charge >= 0.3 is 5.97 Å². The predicted molar refractivity (Wildman–Crippen MR) is 154 cm³/mol. The second kappa shape index (κ2) is 12.1. The zero-order valence-electron chi connectivity index (χ0n) is 22.2. The van der Waals surface area contributed by atoms with Crippen molar-refractivity contribution in [2.45, 2.75) is 6.92 Å². The van der Waals surface area contributed by atoms with Crippen molar-refractivity contribution in [2.24, 2.45) is 5.10 Å². The Hall–Kier alpha value is -5.84. The SMILES string of the molecule is CCOc1cc(C=NNC(=O)c2[nH]c3ccc(F)cc3c2-c2ccccc2)ccc1OC(=O)c1ccc([N+](=O)[O-])cc1. The number of amides is 1. The van der Waals surface area contributed by atoms with Crippen molar-refractivity contribution in [1.82, 2.24) is 10.4 Å². The molecule has 5 rings (SSSR count). The fourth-order valence-electron chi connectivity index (χ4n) is 4.30. The van der Waals surface area contributed by atoms with Crippen molar-refractivity contribution in [3.05, 3.63) is 124 Å². The van der Waals surface area contributed by atoms with E-state index in [0.29, 0.717) is 22.0 Å². The fourth-order valence-corrected chi connectivity index (χ4v) is 4.30. The van der Waals surface area contributed by atoms with Crippen LogP contribution in [-0.2, 0) is 0 Å². The number of benzene rings is 4. The summed E-state index contributed by atoms with van der Waals surface area (Å²) in [7, 11) is 0. The average Bonchev–Trinajstić information content (AvgIpc) is 3.37. The molecule has 2 N–H and O–H groups in total. The molecule has 0 radical (unpaired) electrons. The van der Waals surface area contributed by atoms with E-state index in [1.807, 2.05) is 30.3 Å². The molecule has 0 saturated heterocycles. The van der Waals surface area contributed by atoms with Crippen LogP contribution in [0.1, 0.15) is 33.3 Å². The van der Waals surface area contributed by atoms with Crippen LogP contribution in [0.4, 0.5) is 10.1 Å². The number of esters is 1. The van der Waals surface area contributed by atoms with Gasteiger partial charge in [-0.2, -0.15) is 5.10 Å². The monoisotopic (exact) mass is 566 g/mol. The number of hydrogen-bond acceptors (Lipinski definition) is 7. The molecule has 1 aromatic heterocycles. The second-order valence-electron chi connectivity index (χ2n) is 8.96. The highest BCUT2D eigenvalue weighted by molar-refractivity contribution is 6.09. The minimum atomic E-state index is -0.716. The minimum absolute atomic E-state index is 0.131. The highest BCUT2D eigenvalue weighted by Crippen LogP contribution is 2.33. The van der Waals surface area contributed by atoms with Gasteiger partial charge in [-0.05, 0) is 66.6 Å². The lowest BCUT2D eigenvalue weighted by atomic mass is 10.0. The lowest BCUT2D eigenvalue weighted by Gasteiger charge is -2.11. The van der Waals surface area contributed by atoms with Crippen molar-refractivity contribution >= 4 is 34.7 Å². The first-order valence-electron chi connectivity index (χ1n) is 12.8. The number of carbonyl (C=O) groups excluding carboxylic acids is 2. The number of nitro benzene ring substituents is 1. The maximum Gasteiger partial charge on any atom is 0.343 e. The summed E-state index contributed by atoms with van der Waals surface area (Å²) in [4.78, 5) is 39.1. The number of H-pyrrole nitrogens is 1. The zero-order chi connectivity index (χ0) is 29.6. The number of nitro groups is 1. The van der Waals surface area contributed by atoms with Crippen molar-refractivity contribution in [3.63, 3.8) is 0 Å². The molecule has 10 nitrogen and oxygen atoms in total. The van der Waals surface area contributed by atoms with E-state index in [9.17, 15) is 24.1 Å². The summed E-state index contributed by atoms with van der Waals surface area (Å²) in [5.41, 5.74) is 5.14. The van der Waals surface area contributed by atoms with Gasteiger partial charge in [0.1, 0.15) is 11.5 Å². The van der Waals surface area contributed by atoms with Gasteiger partial charge < -0.3 is 14.5 Å². The number of aromatic nitrogens is 1. The molecule has 0 aliphatic carbocycles. The minimum Gasteiger partial charge on any atom is -0.490 e. The highest BCUT2D eigenvalue weighted by atomic mass is 19.1. The molecule has 42 heavy (non-hydrogen) atoms. The Morgan fingerprint density at radius 3 is 2.48 bits per heavy atom. The summed E-state index contributed by atoms with van der Waals surface area (Å²) >= 11 is 0. The summed E-state index contributed by atoms with van der Waals surface area (Å²) in [5.74, 6) is -1.27. The first-order valence-corrected chi connectivity index (χ1v) is 12.8. The van der Waals surface area contributed by atoms with Crippen LogP contribution in [0.25, 0.3) is 22.0 Å². The standard InChI is InChI=1S/C31H23FN4O6/c1-2-41-27-16-19(8-15-26(27)42-31(38)21-9-12-23(13-10-21)36(39)40)18-33-35-30(37)29-28(20-6-4-3-5-7-20)24-17-22(32)11-14-25(24)34-29/h3-18,34H,2H2,1H3,(H,35,37). The van der Waals surface area contributed by atoms with Crippen LogP contribution in [0.5, 0.6) is 11.5 Å². The van der Waals surface area contributed by atoms with E-state index >= 15 is 0 Å². The third kappa shape index (κ3) is 5.99. The van der Waals surface area contributed by atoms with Gasteiger partial charge in [0, 0.05) is 28.6 Å². The summed E-state index contributed by atoms with van der Waals surface area (Å²) in [6.07, 6.45) is 1.40. The van der Waals surface area contributed by atoms with Crippen LogP contribution in [0.15, 0.2) is 96.1 Å². The summed E-state index contributed by atoms with van der Waals surface area (Å²) in [5, 5.41) is 15.5. The van der Waals surface area contributed by atoms with Crippen molar-refractivity contribution in [1.29, 1.82) is 0 Å². The zero-order valence-corrected chi connectivity index (χ0v) is 22.2. The number of ether oxygens (including phenoxy) is 2. The third-order valence-corrected chi connectivity index (χ3v) is 6.21. The third-order valence-electron chi connectivity index (χ3n) is 6.21. The number of non-ortho nitro benzene ring substituents is 1. The average molecular weight is 567 g/mol. The molecular formula is C31H23FN4O6. The largest absolute Gasteiger partial charge is 0.490 e. The van der Waals surface area contributed by atoms with Gasteiger partial charge in [-0.3, -0.25) is 14.9 Å². The number of hydrazone groups is 1. The molecule has 0 bridgehead atoms. The van der Waals surface area contributed by atoms with Gasteiger partial charge in [-0.15, -0.1) is 0 Å². The molecule has 5 aromatic rings. The normalized spacial score (nSPS) is 11.0. The molecular weight excluding hydrogens is 543 g/mol. The van der Waals surface area contributed by atoms with Crippen molar-refractivity contribution in [2.75, 3.05) is 6.61 Å². The molecule has 0 atom stereocenters. The van der Waals surface area contributed by atoms with Gasteiger partial charge in [0.15, 0.2) is 11.5 Å². The molecule has 0 unspecified atom stereocenters. The van der Waals surface area contributed by atoms with Gasteiger partial charge in [0.2, 0.25) is 0 Å². The topological polar surface area (TPSA) is 136 Å². The number of carbonyl (C=O) groups is 2. The lowest BCUT2D eigenvalue weighted by Crippen LogP contribution is -2.18. The van der Waals surface area contributed by atoms with Gasteiger partial charge in [-0.1, -0.05) is 30.3 Å². The second-order valence-corrected chi connectivity index (χ2v) is 8.96. The predicted octanol–water partition coefficient (Wildman–Crippen LogP) is 6.26. The van der Waals surface area contributed by atoms with Crippen LogP contribution in [0.3, 0.4) is 0 Å². The highest BCUT2D eigenvalue weighted by Gasteiger charge is 2.20. The van der Waals surface area contributed by atoms with E-state index in [2.05, 4.69) is 15.5 Å². The molecule has 0 aliphatic rings. The van der Waals surface area contributed by atoms with Crippen molar-refractivity contribution in [3.8, 4) is 22.6 Å². The van der Waals surface area contributed by atoms with Crippen molar-refractivity contribution < 1.29 is 28.4 Å².